The molecule has 0 aromatic carbocycles. The van der Waals surface area contributed by atoms with Crippen LogP contribution in [0.1, 0.15) is 58.7 Å². The number of hydrogen-bond donors (Lipinski definition) is 2. The first-order valence-corrected chi connectivity index (χ1v) is 8.14. The van der Waals surface area contributed by atoms with E-state index >= 15 is 0 Å². The number of nitrogens with one attached hydrogen (secondary N) is 1. The van der Waals surface area contributed by atoms with Crippen LogP contribution in [-0.4, -0.2) is 28.2 Å². The second-order valence-electron chi connectivity index (χ2n) is 5.92. The van der Waals surface area contributed by atoms with Gasteiger partial charge in [0.1, 0.15) is 17.5 Å². The van der Waals surface area contributed by atoms with Crippen LogP contribution in [0, 0.1) is 0 Å². The summed E-state index contributed by atoms with van der Waals surface area (Å²) in [6, 6.07) is 2.22. The van der Waals surface area contributed by atoms with Crippen LogP contribution in [0.3, 0.4) is 0 Å². The Kier molecular flexibility index (Phi) is 5.39. The van der Waals surface area contributed by atoms with E-state index in [1.54, 1.807) is 0 Å². The summed E-state index contributed by atoms with van der Waals surface area (Å²) in [6.07, 6.45) is 6.02. The van der Waals surface area contributed by atoms with Crippen LogP contribution < -0.4 is 11.1 Å². The van der Waals surface area contributed by atoms with E-state index in [1.165, 1.54) is 0 Å². The molecule has 118 valence electrons. The van der Waals surface area contributed by atoms with Gasteiger partial charge in [-0.1, -0.05) is 20.8 Å². The molecule has 2 heterocycles. The van der Waals surface area contributed by atoms with Crippen LogP contribution in [0.15, 0.2) is 6.07 Å². The molecule has 1 aromatic rings. The van der Waals surface area contributed by atoms with Crippen molar-refractivity contribution in [1.82, 2.24) is 9.97 Å². The third-order valence-electron chi connectivity index (χ3n) is 4.40. The molecule has 5 heteroatoms. The number of nitrogens with zero attached hydrogens (tertiary/aromatic N) is 2. The van der Waals surface area contributed by atoms with Crippen LogP contribution >= 0.6 is 0 Å². The van der Waals surface area contributed by atoms with Crippen LogP contribution in [0.5, 0.6) is 0 Å². The summed E-state index contributed by atoms with van der Waals surface area (Å²) < 4.78 is 6.02. The molecule has 0 aliphatic carbocycles. The van der Waals surface area contributed by atoms with Crippen LogP contribution in [0.2, 0.25) is 0 Å². The lowest BCUT2D eigenvalue weighted by Crippen LogP contribution is -2.43. The predicted octanol–water partition coefficient (Wildman–Crippen LogP) is 3.16. The average Bonchev–Trinajstić information content (AvgIpc) is 2.47. The van der Waals surface area contributed by atoms with E-state index in [0.29, 0.717) is 11.9 Å². The van der Waals surface area contributed by atoms with Gasteiger partial charge in [-0.2, -0.15) is 0 Å². The fourth-order valence-corrected chi connectivity index (χ4v) is 3.03. The predicted molar refractivity (Wildman–Crippen MR) is 86.3 cm³/mol. The lowest BCUT2D eigenvalue weighted by Gasteiger charge is -2.40. The zero-order valence-electron chi connectivity index (χ0n) is 13.5. The molecule has 1 saturated heterocycles. The Labute approximate surface area is 127 Å². The van der Waals surface area contributed by atoms with Gasteiger partial charge in [-0.15, -0.1) is 0 Å². The number of rotatable bonds is 6. The van der Waals surface area contributed by atoms with Gasteiger partial charge >= 0.3 is 0 Å². The Hall–Kier alpha value is -1.36. The second kappa shape index (κ2) is 7.07. The topological polar surface area (TPSA) is 73.1 Å². The smallest absolute Gasteiger partial charge is 0.133 e. The van der Waals surface area contributed by atoms with Crippen molar-refractivity contribution in [2.45, 2.75) is 70.9 Å². The van der Waals surface area contributed by atoms with Gasteiger partial charge in [0, 0.05) is 25.1 Å². The number of hydrogen-bond acceptors (Lipinski definition) is 5. The third kappa shape index (κ3) is 4.06. The monoisotopic (exact) mass is 292 g/mol. The van der Waals surface area contributed by atoms with Crippen molar-refractivity contribution in [2.24, 2.45) is 0 Å². The zero-order chi connectivity index (χ0) is 15.3. The lowest BCUT2D eigenvalue weighted by molar-refractivity contribution is -0.0864. The van der Waals surface area contributed by atoms with Crippen molar-refractivity contribution in [3.63, 3.8) is 0 Å². The van der Waals surface area contributed by atoms with Crippen molar-refractivity contribution in [3.8, 4) is 0 Å². The fraction of sp³-hybridized carbons (Fsp3) is 0.750. The zero-order valence-corrected chi connectivity index (χ0v) is 13.5. The molecule has 2 rings (SSSR count). The van der Waals surface area contributed by atoms with Gasteiger partial charge in [0.15, 0.2) is 0 Å². The maximum atomic E-state index is 6.02. The molecule has 1 aliphatic rings. The van der Waals surface area contributed by atoms with Gasteiger partial charge in [-0.25, -0.2) is 9.97 Å². The number of nitrogens with two attached hydrogens (primary N) is 1. The Morgan fingerprint density at radius 3 is 2.76 bits per heavy atom. The third-order valence-corrected chi connectivity index (χ3v) is 4.40. The highest BCUT2D eigenvalue weighted by Crippen LogP contribution is 2.32. The largest absolute Gasteiger partial charge is 0.384 e. The number of nitrogen functional groups attached to an aromatic ring is 1. The van der Waals surface area contributed by atoms with Gasteiger partial charge in [0.05, 0.1) is 5.60 Å². The van der Waals surface area contributed by atoms with Crippen molar-refractivity contribution < 1.29 is 4.74 Å². The van der Waals surface area contributed by atoms with Crippen molar-refractivity contribution in [1.29, 1.82) is 0 Å². The molecule has 21 heavy (non-hydrogen) atoms. The summed E-state index contributed by atoms with van der Waals surface area (Å²) in [6.45, 7) is 7.33. The van der Waals surface area contributed by atoms with Crippen LogP contribution in [-0.2, 0) is 11.2 Å². The standard InChI is InChI=1S/C16H28N4O/c1-4-7-14-19-13(17)10-15(20-14)18-12-8-9-21-16(5-2,6-3)11-12/h10,12H,4-9,11H2,1-3H3,(H3,17,18,19,20). The SMILES string of the molecule is CCCc1nc(N)cc(NC2CCOC(CC)(CC)C2)n1. The van der Waals surface area contributed by atoms with Crippen molar-refractivity contribution in [3.05, 3.63) is 11.9 Å². The lowest BCUT2D eigenvalue weighted by atomic mass is 9.86. The van der Waals surface area contributed by atoms with Gasteiger partial charge < -0.3 is 15.8 Å². The molecule has 3 N–H and O–H groups in total. The quantitative estimate of drug-likeness (QED) is 0.842. The van der Waals surface area contributed by atoms with E-state index in [2.05, 4.69) is 36.1 Å². The van der Waals surface area contributed by atoms with Gasteiger partial charge in [0.25, 0.3) is 0 Å². The molecule has 0 amide bonds. The molecule has 1 aromatic heterocycles. The molecule has 0 bridgehead atoms. The highest BCUT2D eigenvalue weighted by atomic mass is 16.5. The molecule has 0 radical (unpaired) electrons. The Balaban J connectivity index is 2.07. The van der Waals surface area contributed by atoms with Crippen molar-refractivity contribution >= 4 is 11.6 Å². The molecule has 1 atom stereocenters. The first kappa shape index (κ1) is 16.0. The maximum absolute atomic E-state index is 6.02. The Bertz CT molecular complexity index is 460. The molecule has 1 fully saturated rings. The molecule has 0 spiro atoms. The van der Waals surface area contributed by atoms with E-state index in [4.69, 9.17) is 10.5 Å². The summed E-state index contributed by atoms with van der Waals surface area (Å²) in [4.78, 5) is 8.85. The highest BCUT2D eigenvalue weighted by Gasteiger charge is 2.34. The molecular formula is C16H28N4O. The molecular weight excluding hydrogens is 264 g/mol. The fourth-order valence-electron chi connectivity index (χ4n) is 3.03. The van der Waals surface area contributed by atoms with E-state index in [9.17, 15) is 0 Å². The molecule has 1 unspecified atom stereocenters. The number of aryl methyl sites for hydroxylation is 1. The van der Waals surface area contributed by atoms with Crippen LogP contribution in [0.4, 0.5) is 11.6 Å². The minimum absolute atomic E-state index is 0.0146. The van der Waals surface area contributed by atoms with E-state index in [1.807, 2.05) is 6.07 Å². The number of ether oxygens (including phenoxy) is 1. The normalized spacial score (nSPS) is 21.2. The molecule has 0 saturated carbocycles. The average molecular weight is 292 g/mol. The van der Waals surface area contributed by atoms with E-state index in [0.717, 1.165) is 56.8 Å². The summed E-state index contributed by atoms with van der Waals surface area (Å²) >= 11 is 0. The first-order chi connectivity index (χ1) is 10.1. The summed E-state index contributed by atoms with van der Waals surface area (Å²) in [5.41, 5.74) is 5.90. The van der Waals surface area contributed by atoms with E-state index in [-0.39, 0.29) is 5.60 Å². The second-order valence-corrected chi connectivity index (χ2v) is 5.92. The molecule has 1 aliphatic heterocycles. The van der Waals surface area contributed by atoms with Crippen LogP contribution in [0.25, 0.3) is 0 Å². The van der Waals surface area contributed by atoms with E-state index < -0.39 is 0 Å². The van der Waals surface area contributed by atoms with Gasteiger partial charge in [-0.3, -0.25) is 0 Å². The minimum Gasteiger partial charge on any atom is -0.384 e. The highest BCUT2D eigenvalue weighted by molar-refractivity contribution is 5.45. The maximum Gasteiger partial charge on any atom is 0.133 e. The first-order valence-electron chi connectivity index (χ1n) is 8.14. The van der Waals surface area contributed by atoms with Gasteiger partial charge in [0.2, 0.25) is 0 Å². The minimum atomic E-state index is 0.0146. The number of aromatic nitrogens is 2. The summed E-state index contributed by atoms with van der Waals surface area (Å²) in [7, 11) is 0. The summed E-state index contributed by atoms with van der Waals surface area (Å²) in [5.74, 6) is 2.21. The Morgan fingerprint density at radius 2 is 2.10 bits per heavy atom. The number of anilines is 2. The molecule has 5 nitrogen and oxygen atoms in total. The van der Waals surface area contributed by atoms with Gasteiger partial charge in [-0.05, 0) is 32.1 Å². The summed E-state index contributed by atoms with van der Waals surface area (Å²) in [5, 5.41) is 3.53. The Morgan fingerprint density at radius 1 is 1.33 bits per heavy atom. The van der Waals surface area contributed by atoms with Crippen molar-refractivity contribution in [2.75, 3.05) is 17.7 Å².